The number of ether oxygens (including phenoxy) is 1. The zero-order valence-electron chi connectivity index (χ0n) is 10.1. The van der Waals surface area contributed by atoms with E-state index in [1.165, 1.54) is 18.4 Å². The molecule has 1 heterocycles. The molecule has 0 amide bonds. The Bertz CT molecular complexity index is 415. The van der Waals surface area contributed by atoms with Crippen molar-refractivity contribution in [1.82, 2.24) is 5.32 Å². The van der Waals surface area contributed by atoms with Gasteiger partial charge in [0.2, 0.25) is 0 Å². The molecule has 0 radical (unpaired) electrons. The van der Waals surface area contributed by atoms with Gasteiger partial charge in [-0.1, -0.05) is 23.7 Å². The third-order valence-electron chi connectivity index (χ3n) is 4.54. The Morgan fingerprint density at radius 3 is 2.82 bits per heavy atom. The van der Waals surface area contributed by atoms with E-state index >= 15 is 0 Å². The lowest BCUT2D eigenvalue weighted by molar-refractivity contribution is 0.116. The lowest BCUT2D eigenvalue weighted by Gasteiger charge is -2.31. The number of nitrogens with one attached hydrogen (secondary N) is 1. The van der Waals surface area contributed by atoms with Gasteiger partial charge >= 0.3 is 0 Å². The van der Waals surface area contributed by atoms with Crippen molar-refractivity contribution in [3.8, 4) is 0 Å². The number of methoxy groups -OCH3 is 1. The maximum Gasteiger partial charge on any atom is 0.0539 e. The first-order valence-corrected chi connectivity index (χ1v) is 6.56. The van der Waals surface area contributed by atoms with Gasteiger partial charge in [-0.2, -0.15) is 0 Å². The van der Waals surface area contributed by atoms with Gasteiger partial charge in [-0.15, -0.1) is 0 Å². The lowest BCUT2D eigenvalue weighted by Crippen LogP contribution is -2.40. The van der Waals surface area contributed by atoms with Gasteiger partial charge in [0.05, 0.1) is 6.61 Å². The molecule has 1 aliphatic carbocycles. The zero-order chi connectivity index (χ0) is 11.9. The van der Waals surface area contributed by atoms with Crippen LogP contribution in [0.5, 0.6) is 0 Å². The average Bonchev–Trinajstić information content (AvgIpc) is 3.00. The molecule has 1 saturated heterocycles. The molecule has 0 spiro atoms. The molecular weight excluding hydrogens is 234 g/mol. The predicted molar refractivity (Wildman–Crippen MR) is 69.5 cm³/mol. The summed E-state index contributed by atoms with van der Waals surface area (Å²) in [5, 5.41) is 4.32. The fourth-order valence-corrected chi connectivity index (χ4v) is 3.71. The van der Waals surface area contributed by atoms with Crippen molar-refractivity contribution >= 4 is 11.6 Å². The third-order valence-corrected chi connectivity index (χ3v) is 4.79. The summed E-state index contributed by atoms with van der Waals surface area (Å²) in [4.78, 5) is 0. The minimum absolute atomic E-state index is 0.313. The Morgan fingerprint density at radius 2 is 2.12 bits per heavy atom. The van der Waals surface area contributed by atoms with E-state index in [1.807, 2.05) is 12.1 Å². The minimum Gasteiger partial charge on any atom is -0.384 e. The van der Waals surface area contributed by atoms with Crippen molar-refractivity contribution in [3.63, 3.8) is 0 Å². The molecule has 3 heteroatoms. The van der Waals surface area contributed by atoms with Gasteiger partial charge in [-0.3, -0.25) is 0 Å². The number of hydrogen-bond acceptors (Lipinski definition) is 2. The Labute approximate surface area is 107 Å². The van der Waals surface area contributed by atoms with Gasteiger partial charge in [0.1, 0.15) is 0 Å². The Kier molecular flexibility index (Phi) is 2.69. The van der Waals surface area contributed by atoms with Crippen LogP contribution in [0.2, 0.25) is 5.02 Å². The van der Waals surface area contributed by atoms with Crippen LogP contribution in [-0.2, 0) is 10.2 Å². The number of rotatable bonds is 3. The molecule has 0 unspecified atom stereocenters. The van der Waals surface area contributed by atoms with Crippen molar-refractivity contribution in [2.75, 3.05) is 26.8 Å². The van der Waals surface area contributed by atoms with E-state index < -0.39 is 0 Å². The second-order valence-corrected chi connectivity index (χ2v) is 5.84. The SMILES string of the molecule is COC[C@]12CNCC[C@@]1(c1ccc(Cl)cc1)C2. The first kappa shape index (κ1) is 11.5. The van der Waals surface area contributed by atoms with E-state index in [-0.39, 0.29) is 0 Å². The lowest BCUT2D eigenvalue weighted by atomic mass is 9.81. The number of benzene rings is 1. The number of hydrogen-bond donors (Lipinski definition) is 1. The van der Waals surface area contributed by atoms with Crippen molar-refractivity contribution in [2.24, 2.45) is 5.41 Å². The second-order valence-electron chi connectivity index (χ2n) is 5.41. The van der Waals surface area contributed by atoms with E-state index in [0.717, 1.165) is 24.7 Å². The summed E-state index contributed by atoms with van der Waals surface area (Å²) in [5.41, 5.74) is 2.08. The molecule has 0 bridgehead atoms. The smallest absolute Gasteiger partial charge is 0.0539 e. The summed E-state index contributed by atoms with van der Waals surface area (Å²) >= 11 is 5.97. The first-order chi connectivity index (χ1) is 8.22. The summed E-state index contributed by atoms with van der Waals surface area (Å²) in [6.45, 7) is 3.03. The van der Waals surface area contributed by atoms with Crippen LogP contribution in [-0.4, -0.2) is 26.8 Å². The van der Waals surface area contributed by atoms with E-state index in [4.69, 9.17) is 16.3 Å². The maximum atomic E-state index is 5.97. The molecule has 1 aliphatic heterocycles. The highest BCUT2D eigenvalue weighted by Gasteiger charge is 2.68. The van der Waals surface area contributed by atoms with Gasteiger partial charge in [0.25, 0.3) is 0 Å². The number of fused-ring (bicyclic) bond motifs is 1. The molecule has 92 valence electrons. The highest BCUT2D eigenvalue weighted by Crippen LogP contribution is 2.67. The van der Waals surface area contributed by atoms with Crippen molar-refractivity contribution in [2.45, 2.75) is 18.3 Å². The molecule has 3 rings (SSSR count). The van der Waals surface area contributed by atoms with E-state index in [0.29, 0.717) is 10.8 Å². The van der Waals surface area contributed by atoms with Crippen molar-refractivity contribution < 1.29 is 4.74 Å². The summed E-state index contributed by atoms with van der Waals surface area (Å²) in [5.74, 6) is 0. The van der Waals surface area contributed by atoms with Crippen LogP contribution in [0.25, 0.3) is 0 Å². The largest absolute Gasteiger partial charge is 0.384 e. The molecule has 1 aromatic carbocycles. The topological polar surface area (TPSA) is 21.3 Å². The maximum absolute atomic E-state index is 5.97. The van der Waals surface area contributed by atoms with Gasteiger partial charge in [0.15, 0.2) is 0 Å². The first-order valence-electron chi connectivity index (χ1n) is 6.18. The molecule has 0 aromatic heterocycles. The molecule has 2 aliphatic rings. The Hall–Kier alpha value is -0.570. The average molecular weight is 252 g/mol. The van der Waals surface area contributed by atoms with Crippen LogP contribution in [0, 0.1) is 5.41 Å². The van der Waals surface area contributed by atoms with Crippen molar-refractivity contribution in [3.05, 3.63) is 34.9 Å². The summed E-state index contributed by atoms with van der Waals surface area (Å²) < 4.78 is 5.43. The molecule has 2 atom stereocenters. The molecule has 17 heavy (non-hydrogen) atoms. The van der Waals surface area contributed by atoms with Gasteiger partial charge in [-0.05, 0) is 37.1 Å². The number of halogens is 1. The van der Waals surface area contributed by atoms with Gasteiger partial charge in [-0.25, -0.2) is 0 Å². The predicted octanol–water partition coefficient (Wildman–Crippen LogP) is 2.61. The van der Waals surface area contributed by atoms with Crippen LogP contribution in [0.15, 0.2) is 24.3 Å². The molecular formula is C14H18ClNO. The van der Waals surface area contributed by atoms with E-state index in [1.54, 1.807) is 7.11 Å². The molecule has 2 nitrogen and oxygen atoms in total. The normalized spacial score (nSPS) is 35.4. The van der Waals surface area contributed by atoms with E-state index in [2.05, 4.69) is 17.4 Å². The van der Waals surface area contributed by atoms with Gasteiger partial charge in [0, 0.05) is 29.5 Å². The van der Waals surface area contributed by atoms with Crippen LogP contribution >= 0.6 is 11.6 Å². The fraction of sp³-hybridized carbons (Fsp3) is 0.571. The van der Waals surface area contributed by atoms with Gasteiger partial charge < -0.3 is 10.1 Å². The molecule has 2 fully saturated rings. The Balaban J connectivity index is 1.93. The highest BCUT2D eigenvalue weighted by atomic mass is 35.5. The monoisotopic (exact) mass is 251 g/mol. The summed E-state index contributed by atoms with van der Waals surface area (Å²) in [6.07, 6.45) is 2.44. The molecule has 1 saturated carbocycles. The summed E-state index contributed by atoms with van der Waals surface area (Å²) in [6, 6.07) is 8.38. The Morgan fingerprint density at radius 1 is 1.35 bits per heavy atom. The van der Waals surface area contributed by atoms with Crippen LogP contribution in [0.1, 0.15) is 18.4 Å². The van der Waals surface area contributed by atoms with Crippen LogP contribution in [0.3, 0.4) is 0 Å². The van der Waals surface area contributed by atoms with Crippen molar-refractivity contribution in [1.29, 1.82) is 0 Å². The fourth-order valence-electron chi connectivity index (χ4n) is 3.59. The quantitative estimate of drug-likeness (QED) is 0.892. The highest BCUT2D eigenvalue weighted by molar-refractivity contribution is 6.30. The second kappa shape index (κ2) is 3.98. The zero-order valence-corrected chi connectivity index (χ0v) is 10.9. The van der Waals surface area contributed by atoms with Crippen LogP contribution < -0.4 is 5.32 Å². The van der Waals surface area contributed by atoms with E-state index in [9.17, 15) is 0 Å². The molecule has 1 aromatic rings. The standard InChI is InChI=1S/C14H18ClNO/c1-17-10-13-8-14(13,6-7-16-9-13)11-2-4-12(15)5-3-11/h2-5,16H,6-10H2,1H3/t13-,14-/m0/s1. The third kappa shape index (κ3) is 1.62. The molecule has 1 N–H and O–H groups in total. The minimum atomic E-state index is 0.313. The van der Waals surface area contributed by atoms with Crippen LogP contribution in [0.4, 0.5) is 0 Å². The summed E-state index contributed by atoms with van der Waals surface area (Å²) in [7, 11) is 1.80. The number of piperidine rings is 1.